The van der Waals surface area contributed by atoms with Gasteiger partial charge in [-0.05, 0) is 18.8 Å². The van der Waals surface area contributed by atoms with E-state index in [1.165, 1.54) is 13.8 Å². The topological polar surface area (TPSA) is 414 Å². The summed E-state index contributed by atoms with van der Waals surface area (Å²) in [6.45, 7) is 4.23. The van der Waals surface area contributed by atoms with Crippen molar-refractivity contribution in [2.24, 2.45) is 17.6 Å². The lowest BCUT2D eigenvalue weighted by molar-refractivity contribution is -0.148. The van der Waals surface area contributed by atoms with E-state index >= 15 is 0 Å². The molecule has 25 nitrogen and oxygen atoms in total. The lowest BCUT2D eigenvalue weighted by Crippen LogP contribution is -2.66. The van der Waals surface area contributed by atoms with Crippen molar-refractivity contribution >= 4 is 59.1 Å². The molecule has 10 atom stereocenters. The van der Waals surface area contributed by atoms with Gasteiger partial charge >= 0.3 is 5.97 Å². The zero-order valence-corrected chi connectivity index (χ0v) is 31.1. The van der Waals surface area contributed by atoms with Gasteiger partial charge in [-0.25, -0.2) is 4.79 Å². The molecule has 9 amide bonds. The van der Waals surface area contributed by atoms with Crippen LogP contribution in [0.15, 0.2) is 0 Å². The fourth-order valence-corrected chi connectivity index (χ4v) is 4.80. The third kappa shape index (κ3) is 14.6. The number of β-amino-alcohol motifs (C(OH)–C–C–N with tert-alkyl or cyclic N) is 1. The van der Waals surface area contributed by atoms with E-state index in [4.69, 9.17) is 5.73 Å². The molecule has 0 bridgehead atoms. The zero-order valence-electron chi connectivity index (χ0n) is 31.1. The molecule has 5 unspecified atom stereocenters. The fraction of sp³-hybridized carbons (Fsp3) is 0.677. The summed E-state index contributed by atoms with van der Waals surface area (Å²) in [5.41, 5.74) is 5.04. The quantitative estimate of drug-likeness (QED) is 0.0862. The van der Waals surface area contributed by atoms with Crippen LogP contribution in [0.1, 0.15) is 41.0 Å². The molecule has 0 saturated carbocycles. The van der Waals surface area contributed by atoms with Crippen LogP contribution in [0.2, 0.25) is 0 Å². The minimum atomic E-state index is -2.52. The average Bonchev–Trinajstić information content (AvgIpc) is 3.10. The van der Waals surface area contributed by atoms with Gasteiger partial charge < -0.3 is 78.9 Å². The van der Waals surface area contributed by atoms with Crippen molar-refractivity contribution in [3.8, 4) is 0 Å². The molecule has 56 heavy (non-hydrogen) atoms. The Morgan fingerprint density at radius 3 is 1.73 bits per heavy atom. The standard InChI is InChI=1S/C31H51N9O16/c1-10(2)6-16(44)33-7-13-24(48)36-14(9-41)25(49)37-17(11(3)4)28(52)39-19(21(45)22(46)23(32)47)29(53)38-18(12(5)42)27(51)34-8-15(43)26(50)40-20(31(55)56)30(54)35-13/h10-15,17-22,41-43,45-46H,6-9H2,1-5H3,(H2,32,47)(H,33,44)(H,34,51)(H,35,54)(H,36,48)(H,37,49)(H,38,53)(H,39,52)(H,40,50)(H,55,56)/t12-,13?,14?,15?,17+,18+,19+,20-,21?,22?/m1/s1. The SMILES string of the molecule is CC(C)CC(=O)NCC1NC(=O)[C@H](C(=O)O)NC(=O)C(O)CNC(=O)[C@H]([C@@H](C)O)NC(=O)[C@H](C(O)C(O)C(N)=O)NC(=O)[C@H](C(C)C)NC(=O)C(CO)NC1=O. The number of carbonyl (C=O) groups excluding carboxylic acids is 9. The Bertz CT molecular complexity index is 1490. The van der Waals surface area contributed by atoms with E-state index in [-0.39, 0.29) is 12.3 Å². The molecule has 1 rings (SSSR count). The number of hydrogen-bond acceptors (Lipinski definition) is 15. The Morgan fingerprint density at radius 1 is 0.714 bits per heavy atom. The highest BCUT2D eigenvalue weighted by atomic mass is 16.4. The van der Waals surface area contributed by atoms with E-state index < -0.39 is 145 Å². The molecule has 0 radical (unpaired) electrons. The first-order chi connectivity index (χ1) is 25.9. The minimum absolute atomic E-state index is 0.0517. The Hall–Kier alpha value is -5.50. The number of rotatable bonds is 11. The van der Waals surface area contributed by atoms with Crippen molar-refractivity contribution in [2.75, 3.05) is 19.7 Å². The molecule has 0 aliphatic carbocycles. The summed E-state index contributed by atoms with van der Waals surface area (Å²) in [6.07, 6.45) is -9.18. The van der Waals surface area contributed by atoms with E-state index in [9.17, 15) is 78.6 Å². The lowest BCUT2D eigenvalue weighted by Gasteiger charge is -2.31. The van der Waals surface area contributed by atoms with Crippen LogP contribution in [0, 0.1) is 11.8 Å². The second kappa shape index (κ2) is 22.2. The third-order valence-corrected chi connectivity index (χ3v) is 7.96. The number of aliphatic hydroxyl groups is 5. The third-order valence-electron chi connectivity index (χ3n) is 7.96. The molecule has 1 aliphatic heterocycles. The van der Waals surface area contributed by atoms with Gasteiger partial charge in [-0.2, -0.15) is 0 Å². The van der Waals surface area contributed by atoms with Crippen LogP contribution < -0.4 is 48.3 Å². The lowest BCUT2D eigenvalue weighted by atomic mass is 9.99. The highest BCUT2D eigenvalue weighted by Crippen LogP contribution is 2.09. The van der Waals surface area contributed by atoms with Crippen LogP contribution in [-0.4, -0.2) is 170 Å². The minimum Gasteiger partial charge on any atom is -0.479 e. The van der Waals surface area contributed by atoms with Crippen LogP contribution in [0.3, 0.4) is 0 Å². The maximum Gasteiger partial charge on any atom is 0.336 e. The number of carboxylic acids is 1. The summed E-state index contributed by atoms with van der Waals surface area (Å²) in [5, 5.41) is 77.5. The van der Waals surface area contributed by atoms with E-state index in [0.29, 0.717) is 0 Å². The van der Waals surface area contributed by atoms with Gasteiger partial charge in [0.15, 0.2) is 6.10 Å². The summed E-state index contributed by atoms with van der Waals surface area (Å²) in [5.74, 6) is -15.1. The molecule has 0 spiro atoms. The number of amides is 9. The van der Waals surface area contributed by atoms with E-state index in [0.717, 1.165) is 6.92 Å². The van der Waals surface area contributed by atoms with Crippen LogP contribution in [0.4, 0.5) is 0 Å². The highest BCUT2D eigenvalue weighted by Gasteiger charge is 2.41. The maximum atomic E-state index is 13.5. The van der Waals surface area contributed by atoms with Crippen LogP contribution in [0.5, 0.6) is 0 Å². The molecule has 1 saturated heterocycles. The first-order valence-electron chi connectivity index (χ1n) is 17.1. The van der Waals surface area contributed by atoms with Gasteiger partial charge in [-0.3, -0.25) is 43.2 Å². The van der Waals surface area contributed by atoms with E-state index in [1.807, 2.05) is 21.3 Å². The second-order valence-corrected chi connectivity index (χ2v) is 13.5. The summed E-state index contributed by atoms with van der Waals surface area (Å²) >= 11 is 0. The van der Waals surface area contributed by atoms with E-state index in [1.54, 1.807) is 19.2 Å². The van der Waals surface area contributed by atoms with E-state index in [2.05, 4.69) is 16.0 Å². The maximum absolute atomic E-state index is 13.5. The zero-order chi connectivity index (χ0) is 43.2. The molecule has 1 heterocycles. The number of aliphatic carboxylic acids is 1. The second-order valence-electron chi connectivity index (χ2n) is 13.5. The summed E-state index contributed by atoms with van der Waals surface area (Å²) in [4.78, 5) is 128. The van der Waals surface area contributed by atoms with Crippen molar-refractivity contribution in [2.45, 2.75) is 102 Å². The Balaban J connectivity index is 3.78. The van der Waals surface area contributed by atoms with Gasteiger partial charge in [0.1, 0.15) is 42.4 Å². The summed E-state index contributed by atoms with van der Waals surface area (Å²) in [6, 6.07) is -12.3. The average molecular weight is 806 g/mol. The molecule has 0 aromatic heterocycles. The van der Waals surface area contributed by atoms with Crippen LogP contribution >= 0.6 is 0 Å². The molecule has 16 N–H and O–H groups in total. The fourth-order valence-electron chi connectivity index (χ4n) is 4.80. The molecule has 1 aliphatic rings. The van der Waals surface area contributed by atoms with Crippen molar-refractivity contribution in [1.82, 2.24) is 42.5 Å². The first kappa shape index (κ1) is 48.5. The number of carbonyl (C=O) groups is 10. The largest absolute Gasteiger partial charge is 0.479 e. The Kier molecular flexibility index (Phi) is 19.2. The number of hydrogen-bond donors (Lipinski definition) is 15. The smallest absolute Gasteiger partial charge is 0.336 e. The van der Waals surface area contributed by atoms with Crippen molar-refractivity contribution in [3.63, 3.8) is 0 Å². The molecule has 0 aromatic carbocycles. The van der Waals surface area contributed by atoms with Crippen LogP contribution in [-0.2, 0) is 47.9 Å². The first-order valence-corrected chi connectivity index (χ1v) is 17.1. The van der Waals surface area contributed by atoms with Crippen molar-refractivity contribution < 1.29 is 78.6 Å². The highest BCUT2D eigenvalue weighted by molar-refractivity contribution is 6.06. The monoisotopic (exact) mass is 805 g/mol. The number of nitrogens with two attached hydrogens (primary N) is 1. The van der Waals surface area contributed by atoms with Gasteiger partial charge in [-0.15, -0.1) is 0 Å². The van der Waals surface area contributed by atoms with Gasteiger partial charge in [0.2, 0.25) is 47.4 Å². The Labute approximate surface area is 319 Å². The number of aliphatic hydroxyl groups excluding tert-OH is 5. The number of primary amides is 1. The van der Waals surface area contributed by atoms with Crippen LogP contribution in [0.25, 0.3) is 0 Å². The predicted octanol–water partition coefficient (Wildman–Crippen LogP) is -9.13. The predicted molar refractivity (Wildman–Crippen MR) is 186 cm³/mol. The Morgan fingerprint density at radius 2 is 1.23 bits per heavy atom. The summed E-state index contributed by atoms with van der Waals surface area (Å²) in [7, 11) is 0. The molecule has 1 fully saturated rings. The molecular weight excluding hydrogens is 754 g/mol. The number of nitrogens with one attached hydrogen (secondary N) is 8. The molecular formula is C31H51N9O16. The number of carboxylic acid groups (broad SMARTS) is 1. The molecule has 25 heteroatoms. The van der Waals surface area contributed by atoms with Crippen molar-refractivity contribution in [1.29, 1.82) is 0 Å². The molecule has 0 aromatic rings. The van der Waals surface area contributed by atoms with Gasteiger partial charge in [0.25, 0.3) is 11.8 Å². The van der Waals surface area contributed by atoms with Gasteiger partial charge in [0, 0.05) is 13.0 Å². The van der Waals surface area contributed by atoms with Gasteiger partial charge in [-0.1, -0.05) is 27.7 Å². The van der Waals surface area contributed by atoms with Gasteiger partial charge in [0.05, 0.1) is 19.3 Å². The summed E-state index contributed by atoms with van der Waals surface area (Å²) < 4.78 is 0. The normalized spacial score (nSPS) is 27.0. The van der Waals surface area contributed by atoms with Crippen molar-refractivity contribution in [3.05, 3.63) is 0 Å². The molecule has 316 valence electrons.